The maximum absolute atomic E-state index is 14.2. The topological polar surface area (TPSA) is 148 Å². The van der Waals surface area contributed by atoms with Crippen LogP contribution in [0.1, 0.15) is 16.7 Å². The smallest absolute Gasteiger partial charge is 0.238 e. The number of imidazole rings is 1. The van der Waals surface area contributed by atoms with E-state index in [1.165, 1.54) is 12.3 Å². The highest BCUT2D eigenvalue weighted by atomic mass is 32.2. The van der Waals surface area contributed by atoms with Gasteiger partial charge in [0.2, 0.25) is 27.8 Å². The Kier molecular flexibility index (Phi) is 7.58. The Morgan fingerprint density at radius 3 is 2.57 bits per heavy atom. The fourth-order valence-electron chi connectivity index (χ4n) is 4.44. The van der Waals surface area contributed by atoms with Crippen molar-refractivity contribution in [2.75, 3.05) is 22.7 Å². The van der Waals surface area contributed by atoms with E-state index in [4.69, 9.17) is 5.14 Å². The predicted molar refractivity (Wildman–Crippen MR) is 155 cm³/mol. The maximum Gasteiger partial charge on any atom is 0.238 e. The van der Waals surface area contributed by atoms with Crippen LogP contribution in [0.4, 0.5) is 32.2 Å². The van der Waals surface area contributed by atoms with Crippen LogP contribution < -0.4 is 20.8 Å². The molecule has 4 N–H and O–H groups in total. The summed E-state index contributed by atoms with van der Waals surface area (Å²) in [5.74, 6) is -1.26. The summed E-state index contributed by atoms with van der Waals surface area (Å²) in [6, 6.07) is 14.8. The summed E-state index contributed by atoms with van der Waals surface area (Å²) in [4.78, 5) is 26.3. The molecular weight excluding hydrogens is 566 g/mol. The van der Waals surface area contributed by atoms with E-state index in [-0.39, 0.29) is 22.4 Å². The number of rotatable bonds is 8. The van der Waals surface area contributed by atoms with E-state index in [0.717, 1.165) is 23.8 Å². The third kappa shape index (κ3) is 5.89. The Morgan fingerprint density at radius 2 is 1.81 bits per heavy atom. The van der Waals surface area contributed by atoms with E-state index in [0.29, 0.717) is 28.1 Å². The first-order valence-electron chi connectivity index (χ1n) is 12.6. The number of aromatic nitrogens is 4. The number of primary sulfonamides is 1. The molecule has 0 aliphatic carbocycles. The Morgan fingerprint density at radius 1 is 1.02 bits per heavy atom. The largest absolute Gasteiger partial charge is 0.324 e. The lowest BCUT2D eigenvalue weighted by molar-refractivity contribution is -0.115. The molecule has 0 saturated heterocycles. The van der Waals surface area contributed by atoms with E-state index < -0.39 is 34.0 Å². The summed E-state index contributed by atoms with van der Waals surface area (Å²) in [5.41, 5.74) is 2.92. The third-order valence-corrected chi connectivity index (χ3v) is 7.55. The first-order chi connectivity index (χ1) is 19.9. The van der Waals surface area contributed by atoms with Crippen LogP contribution in [-0.4, -0.2) is 41.0 Å². The van der Waals surface area contributed by atoms with Crippen LogP contribution in [0.2, 0.25) is 0 Å². The van der Waals surface area contributed by atoms with Crippen molar-refractivity contribution in [3.05, 3.63) is 95.2 Å². The summed E-state index contributed by atoms with van der Waals surface area (Å²) in [7, 11) is -2.24. The number of anilines is 4. The van der Waals surface area contributed by atoms with Gasteiger partial charge in [-0.25, -0.2) is 37.0 Å². The number of halogens is 2. The van der Waals surface area contributed by atoms with Crippen molar-refractivity contribution < 1.29 is 22.0 Å². The maximum atomic E-state index is 14.2. The summed E-state index contributed by atoms with van der Waals surface area (Å²) >= 11 is 0. The molecule has 0 aliphatic heterocycles. The lowest BCUT2D eigenvalue weighted by Gasteiger charge is -2.23. The Hall–Kier alpha value is -4.95. The van der Waals surface area contributed by atoms with E-state index >= 15 is 0 Å². The van der Waals surface area contributed by atoms with Crippen LogP contribution in [0.15, 0.2) is 71.8 Å². The molecule has 0 aliphatic rings. The summed E-state index contributed by atoms with van der Waals surface area (Å²) in [6.45, 7) is 3.51. The van der Waals surface area contributed by atoms with E-state index in [9.17, 15) is 22.0 Å². The van der Waals surface area contributed by atoms with Gasteiger partial charge in [0.25, 0.3) is 0 Å². The van der Waals surface area contributed by atoms with Gasteiger partial charge in [-0.05, 0) is 61.4 Å². The molecule has 14 heteroatoms. The number of aryl methyl sites for hydroxylation is 2. The van der Waals surface area contributed by atoms with Crippen LogP contribution in [0, 0.1) is 25.5 Å². The minimum Gasteiger partial charge on any atom is -0.324 e. The van der Waals surface area contributed by atoms with E-state index in [2.05, 4.69) is 25.6 Å². The van der Waals surface area contributed by atoms with Crippen LogP contribution in [-0.2, 0) is 21.2 Å². The molecule has 5 rings (SSSR count). The van der Waals surface area contributed by atoms with Gasteiger partial charge in [-0.15, -0.1) is 0 Å². The normalized spacial score (nSPS) is 11.5. The van der Waals surface area contributed by atoms with Gasteiger partial charge in [-0.3, -0.25) is 15.1 Å². The molecule has 0 atom stereocenters. The Balaban J connectivity index is 1.48. The zero-order chi connectivity index (χ0) is 30.2. The molecular formula is C28H26F2N8O3S. The molecule has 0 bridgehead atoms. The number of amides is 1. The molecule has 0 saturated carbocycles. The molecule has 0 fully saturated rings. The minimum atomic E-state index is -3.94. The number of fused-ring (bicyclic) bond motifs is 1. The fraction of sp³-hybridized carbons (Fsp3) is 0.143. The highest BCUT2D eigenvalue weighted by Gasteiger charge is 2.21. The second kappa shape index (κ2) is 11.1. The van der Waals surface area contributed by atoms with Gasteiger partial charge in [0.05, 0.1) is 22.3 Å². The Bertz CT molecular complexity index is 1950. The highest BCUT2D eigenvalue weighted by Crippen LogP contribution is 2.27. The second-order valence-corrected chi connectivity index (χ2v) is 11.1. The van der Waals surface area contributed by atoms with E-state index in [1.807, 2.05) is 25.1 Å². The van der Waals surface area contributed by atoms with Crippen molar-refractivity contribution in [3.63, 3.8) is 0 Å². The lowest BCUT2D eigenvalue weighted by atomic mass is 10.1. The van der Waals surface area contributed by atoms with Gasteiger partial charge in [-0.1, -0.05) is 18.2 Å². The van der Waals surface area contributed by atoms with Crippen molar-refractivity contribution in [2.24, 2.45) is 5.14 Å². The van der Waals surface area contributed by atoms with Crippen molar-refractivity contribution in [1.82, 2.24) is 19.6 Å². The quantitative estimate of drug-likeness (QED) is 0.243. The molecule has 2 heterocycles. The third-order valence-electron chi connectivity index (χ3n) is 6.50. The molecule has 2 aromatic heterocycles. The molecule has 0 spiro atoms. The standard InChI is InChI=1S/C28H26F2N8O3S/c1-16-7-9-20(15-23(16)42(31,40)41)33-27-32-12-11-24(34-27)37(3)38-22-6-4-5-17(2)26(22)36-28(38)35-25(39)14-18-13-19(29)8-10-21(18)30/h4-13,15H,14H2,1-3H3,(H2,31,40,41)(H,32,33,34)(H,35,36,39). The average molecular weight is 593 g/mol. The molecule has 5 aromatic rings. The number of sulfonamides is 1. The number of hydrogen-bond acceptors (Lipinski definition) is 8. The molecule has 0 radical (unpaired) electrons. The number of nitrogens with one attached hydrogen (secondary N) is 2. The fourth-order valence-corrected chi connectivity index (χ4v) is 5.25. The van der Waals surface area contributed by atoms with Crippen LogP contribution in [0.5, 0.6) is 0 Å². The van der Waals surface area contributed by atoms with Crippen molar-refractivity contribution in [3.8, 4) is 0 Å². The van der Waals surface area contributed by atoms with Gasteiger partial charge >= 0.3 is 0 Å². The van der Waals surface area contributed by atoms with Crippen molar-refractivity contribution in [1.29, 1.82) is 0 Å². The second-order valence-electron chi connectivity index (χ2n) is 9.56. The molecule has 216 valence electrons. The SMILES string of the molecule is Cc1ccc(Nc2nccc(N(C)n3c(NC(=O)Cc4cc(F)ccc4F)nc4c(C)cccc43)n2)cc1S(N)(=O)=O. The zero-order valence-electron chi connectivity index (χ0n) is 22.8. The first-order valence-corrected chi connectivity index (χ1v) is 14.1. The van der Waals surface area contributed by atoms with Crippen LogP contribution in [0.25, 0.3) is 11.0 Å². The Labute approximate surface area is 240 Å². The number of benzene rings is 3. The number of para-hydroxylation sites is 1. The van der Waals surface area contributed by atoms with Crippen molar-refractivity contribution >= 4 is 50.4 Å². The van der Waals surface area contributed by atoms with Gasteiger partial charge in [0.15, 0.2) is 5.82 Å². The monoisotopic (exact) mass is 592 g/mol. The van der Waals surface area contributed by atoms with Crippen LogP contribution >= 0.6 is 0 Å². The molecule has 42 heavy (non-hydrogen) atoms. The first kappa shape index (κ1) is 28.6. The number of hydrogen-bond donors (Lipinski definition) is 3. The van der Waals surface area contributed by atoms with Gasteiger partial charge in [0, 0.05) is 30.6 Å². The van der Waals surface area contributed by atoms with Gasteiger partial charge < -0.3 is 5.32 Å². The zero-order valence-corrected chi connectivity index (χ0v) is 23.6. The van der Waals surface area contributed by atoms with Gasteiger partial charge in [0.1, 0.15) is 11.6 Å². The minimum absolute atomic E-state index is 0.0282. The number of carbonyl (C=O) groups excluding carboxylic acids is 1. The van der Waals surface area contributed by atoms with E-state index in [1.54, 1.807) is 41.9 Å². The lowest BCUT2D eigenvalue weighted by Crippen LogP contribution is -2.29. The highest BCUT2D eigenvalue weighted by molar-refractivity contribution is 7.89. The molecule has 0 unspecified atom stereocenters. The van der Waals surface area contributed by atoms with Crippen LogP contribution in [0.3, 0.4) is 0 Å². The molecule has 3 aromatic carbocycles. The number of carbonyl (C=O) groups is 1. The summed E-state index contributed by atoms with van der Waals surface area (Å²) in [5, 5.41) is 12.7. The predicted octanol–water partition coefficient (Wildman–Crippen LogP) is 4.19. The molecule has 11 nitrogen and oxygen atoms in total. The molecule has 1 amide bonds. The number of nitrogens with zero attached hydrogens (tertiary/aromatic N) is 5. The summed E-state index contributed by atoms with van der Waals surface area (Å²) < 4.78 is 53.3. The number of nitrogens with two attached hydrogens (primary N) is 1. The average Bonchev–Trinajstić information content (AvgIpc) is 3.30. The van der Waals surface area contributed by atoms with Gasteiger partial charge in [-0.2, -0.15) is 4.98 Å². The van der Waals surface area contributed by atoms with Crippen molar-refractivity contribution in [2.45, 2.75) is 25.2 Å². The summed E-state index contributed by atoms with van der Waals surface area (Å²) in [6.07, 6.45) is 1.10.